The van der Waals surface area contributed by atoms with Gasteiger partial charge in [0, 0.05) is 7.11 Å². The van der Waals surface area contributed by atoms with Crippen molar-refractivity contribution in [2.45, 2.75) is 6.92 Å². The quantitative estimate of drug-likeness (QED) is 0.829. The molecule has 0 atom stereocenters. The maximum atomic E-state index is 11.2. The summed E-state index contributed by atoms with van der Waals surface area (Å²) in [7, 11) is 1.61. The van der Waals surface area contributed by atoms with Gasteiger partial charge in [0.2, 0.25) is 0 Å². The Bertz CT molecular complexity index is 609. The van der Waals surface area contributed by atoms with Gasteiger partial charge in [0.05, 0.1) is 16.5 Å². The van der Waals surface area contributed by atoms with Gasteiger partial charge in [-0.1, -0.05) is 12.1 Å². The molecule has 1 heterocycles. The number of aryl methyl sites for hydroxylation is 1. The molecule has 0 amide bonds. The fourth-order valence-corrected chi connectivity index (χ4v) is 2.64. The van der Waals surface area contributed by atoms with E-state index >= 15 is 0 Å². The highest BCUT2D eigenvalue weighted by Crippen LogP contribution is 2.32. The summed E-state index contributed by atoms with van der Waals surface area (Å²) in [5, 5.41) is 9.90. The minimum Gasteiger partial charge on any atom is -0.491 e. The van der Waals surface area contributed by atoms with E-state index in [1.807, 2.05) is 24.3 Å². The average molecular weight is 293 g/mol. The number of methoxy groups -OCH3 is 1. The second kappa shape index (κ2) is 6.49. The van der Waals surface area contributed by atoms with E-state index in [9.17, 15) is 9.90 Å². The van der Waals surface area contributed by atoms with Crippen molar-refractivity contribution in [3.63, 3.8) is 0 Å². The Hall–Kier alpha value is -1.92. The Labute approximate surface area is 120 Å². The van der Waals surface area contributed by atoms with Crippen LogP contribution in [0.25, 0.3) is 10.4 Å². The molecule has 2 aromatic rings. The zero-order valence-corrected chi connectivity index (χ0v) is 12.1. The van der Waals surface area contributed by atoms with Gasteiger partial charge >= 0.3 is 5.97 Å². The summed E-state index contributed by atoms with van der Waals surface area (Å²) in [6.45, 7) is 2.75. The molecule has 1 aromatic carbocycles. The van der Waals surface area contributed by atoms with E-state index in [4.69, 9.17) is 9.47 Å². The Morgan fingerprint density at radius 3 is 2.90 bits per heavy atom. The van der Waals surface area contributed by atoms with E-state index in [2.05, 4.69) is 4.98 Å². The van der Waals surface area contributed by atoms with Gasteiger partial charge in [0.25, 0.3) is 0 Å². The van der Waals surface area contributed by atoms with Gasteiger partial charge in [-0.2, -0.15) is 0 Å². The van der Waals surface area contributed by atoms with Crippen LogP contribution in [0.3, 0.4) is 0 Å². The summed E-state index contributed by atoms with van der Waals surface area (Å²) in [4.78, 5) is 15.9. The summed E-state index contributed by atoms with van der Waals surface area (Å²) in [6.07, 6.45) is 0. The minimum atomic E-state index is -1.02. The molecule has 0 aliphatic rings. The number of rotatable bonds is 6. The molecule has 0 bridgehead atoms. The van der Waals surface area contributed by atoms with E-state index in [0.717, 1.165) is 10.6 Å². The van der Waals surface area contributed by atoms with Gasteiger partial charge in [-0.3, -0.25) is 0 Å². The molecular weight excluding hydrogens is 278 g/mol. The molecule has 1 N–H and O–H groups in total. The van der Waals surface area contributed by atoms with Crippen LogP contribution in [0.5, 0.6) is 5.75 Å². The topological polar surface area (TPSA) is 68.7 Å². The Morgan fingerprint density at radius 2 is 2.20 bits per heavy atom. The number of nitrogens with zero attached hydrogens (tertiary/aromatic N) is 1. The first-order chi connectivity index (χ1) is 9.61. The van der Waals surface area contributed by atoms with Gasteiger partial charge in [0.1, 0.15) is 12.4 Å². The van der Waals surface area contributed by atoms with Crippen LogP contribution in [0.4, 0.5) is 0 Å². The fraction of sp³-hybridized carbons (Fsp3) is 0.286. The maximum Gasteiger partial charge on any atom is 0.356 e. The van der Waals surface area contributed by atoms with E-state index < -0.39 is 5.97 Å². The number of aromatic carboxylic acids is 1. The zero-order chi connectivity index (χ0) is 14.5. The van der Waals surface area contributed by atoms with Crippen molar-refractivity contribution in [1.82, 2.24) is 4.98 Å². The van der Waals surface area contributed by atoms with Crippen LogP contribution in [0, 0.1) is 6.92 Å². The molecule has 6 heteroatoms. The van der Waals surface area contributed by atoms with E-state index in [-0.39, 0.29) is 5.69 Å². The molecule has 0 spiro atoms. The predicted octanol–water partition coefficient (Wildman–Crippen LogP) is 2.84. The normalized spacial score (nSPS) is 10.5. The molecule has 5 nitrogen and oxygen atoms in total. The number of ether oxygens (including phenoxy) is 2. The first kappa shape index (κ1) is 14.5. The van der Waals surface area contributed by atoms with E-state index in [0.29, 0.717) is 23.8 Å². The highest BCUT2D eigenvalue weighted by Gasteiger charge is 2.17. The van der Waals surface area contributed by atoms with Crippen LogP contribution in [0.2, 0.25) is 0 Å². The number of thiazole rings is 1. The van der Waals surface area contributed by atoms with Gasteiger partial charge < -0.3 is 14.6 Å². The number of hydrogen-bond acceptors (Lipinski definition) is 5. The van der Waals surface area contributed by atoms with Crippen molar-refractivity contribution in [3.8, 4) is 16.2 Å². The molecule has 0 fully saturated rings. The first-order valence-corrected chi connectivity index (χ1v) is 6.86. The summed E-state index contributed by atoms with van der Waals surface area (Å²) in [5.41, 5.74) is 0.879. The Morgan fingerprint density at radius 1 is 1.40 bits per heavy atom. The molecule has 1 aromatic heterocycles. The van der Waals surface area contributed by atoms with Crippen LogP contribution >= 0.6 is 11.3 Å². The number of carboxylic acid groups (broad SMARTS) is 1. The van der Waals surface area contributed by atoms with Crippen LogP contribution in [-0.4, -0.2) is 36.4 Å². The third-order valence-corrected chi connectivity index (χ3v) is 3.61. The second-order valence-electron chi connectivity index (χ2n) is 4.08. The van der Waals surface area contributed by atoms with Gasteiger partial charge in [-0.05, 0) is 24.6 Å². The summed E-state index contributed by atoms with van der Waals surface area (Å²) < 4.78 is 10.4. The Balaban J connectivity index is 2.29. The third-order valence-electron chi connectivity index (χ3n) is 2.59. The molecule has 0 saturated carbocycles. The van der Waals surface area contributed by atoms with Gasteiger partial charge in [-0.25, -0.2) is 9.78 Å². The van der Waals surface area contributed by atoms with E-state index in [1.54, 1.807) is 14.0 Å². The molecule has 0 radical (unpaired) electrons. The average Bonchev–Trinajstić information content (AvgIpc) is 2.82. The number of carbonyl (C=O) groups is 1. The van der Waals surface area contributed by atoms with Crippen molar-refractivity contribution >= 4 is 17.3 Å². The van der Waals surface area contributed by atoms with Crippen molar-refractivity contribution in [3.05, 3.63) is 35.0 Å². The van der Waals surface area contributed by atoms with Crippen molar-refractivity contribution in [1.29, 1.82) is 0 Å². The SMILES string of the molecule is COCCOc1cccc(-c2sc(C)nc2C(=O)O)c1. The highest BCUT2D eigenvalue weighted by atomic mass is 32.1. The second-order valence-corrected chi connectivity index (χ2v) is 5.29. The molecule has 20 heavy (non-hydrogen) atoms. The smallest absolute Gasteiger partial charge is 0.356 e. The number of benzene rings is 1. The number of carboxylic acids is 1. The van der Waals surface area contributed by atoms with Crippen molar-refractivity contribution in [2.75, 3.05) is 20.3 Å². The molecule has 0 saturated heterocycles. The lowest BCUT2D eigenvalue weighted by molar-refractivity contribution is 0.0692. The Kier molecular flexibility index (Phi) is 4.70. The van der Waals surface area contributed by atoms with Crippen LogP contribution in [0.1, 0.15) is 15.5 Å². The molecule has 0 aliphatic heterocycles. The van der Waals surface area contributed by atoms with E-state index in [1.165, 1.54) is 11.3 Å². The summed E-state index contributed by atoms with van der Waals surface area (Å²) in [5.74, 6) is -0.336. The first-order valence-electron chi connectivity index (χ1n) is 6.04. The lowest BCUT2D eigenvalue weighted by Crippen LogP contribution is -2.04. The fourth-order valence-electron chi connectivity index (χ4n) is 1.74. The minimum absolute atomic E-state index is 0.0848. The van der Waals surface area contributed by atoms with Crippen LogP contribution < -0.4 is 4.74 Å². The molecular formula is C14H15NO4S. The van der Waals surface area contributed by atoms with Crippen LogP contribution in [-0.2, 0) is 4.74 Å². The maximum absolute atomic E-state index is 11.2. The third kappa shape index (κ3) is 3.34. The highest BCUT2D eigenvalue weighted by molar-refractivity contribution is 7.15. The van der Waals surface area contributed by atoms with Crippen molar-refractivity contribution < 1.29 is 19.4 Å². The van der Waals surface area contributed by atoms with Crippen LogP contribution in [0.15, 0.2) is 24.3 Å². The largest absolute Gasteiger partial charge is 0.491 e. The monoisotopic (exact) mass is 293 g/mol. The van der Waals surface area contributed by atoms with Crippen molar-refractivity contribution in [2.24, 2.45) is 0 Å². The van der Waals surface area contributed by atoms with Gasteiger partial charge in [0.15, 0.2) is 5.69 Å². The molecule has 2 rings (SSSR count). The summed E-state index contributed by atoms with van der Waals surface area (Å²) in [6, 6.07) is 7.32. The molecule has 0 aliphatic carbocycles. The summed E-state index contributed by atoms with van der Waals surface area (Å²) >= 11 is 1.36. The zero-order valence-electron chi connectivity index (χ0n) is 11.3. The number of aromatic nitrogens is 1. The number of hydrogen-bond donors (Lipinski definition) is 1. The van der Waals surface area contributed by atoms with Gasteiger partial charge in [-0.15, -0.1) is 11.3 Å². The molecule has 0 unspecified atom stereocenters. The standard InChI is InChI=1S/C14H15NO4S/c1-9-15-12(14(16)17)13(20-9)10-4-3-5-11(8-10)19-7-6-18-2/h3-5,8H,6-7H2,1-2H3,(H,16,17). The lowest BCUT2D eigenvalue weighted by Gasteiger charge is -2.07. The predicted molar refractivity (Wildman–Crippen MR) is 76.6 cm³/mol. The lowest BCUT2D eigenvalue weighted by atomic mass is 10.1. The molecule has 106 valence electrons.